The van der Waals surface area contributed by atoms with Crippen LogP contribution in [0.25, 0.3) is 6.08 Å². The molecule has 3 rings (SSSR count). The van der Waals surface area contributed by atoms with Gasteiger partial charge < -0.3 is 9.53 Å². The minimum atomic E-state index is 0.0231. The molecule has 2 aromatic rings. The molecular weight excluding hydrogens is 296 g/mol. The Hall–Kier alpha value is -2.19. The maximum atomic E-state index is 11.3. The molecule has 0 saturated carbocycles. The third-order valence-corrected chi connectivity index (χ3v) is 4.56. The summed E-state index contributed by atoms with van der Waals surface area (Å²) >= 11 is 0. The van der Waals surface area contributed by atoms with Crippen molar-refractivity contribution in [2.75, 3.05) is 0 Å². The normalized spacial score (nSPS) is 24.1. The molecule has 0 aliphatic carbocycles. The second kappa shape index (κ2) is 8.60. The monoisotopic (exact) mass is 320 g/mol. The Kier molecular flexibility index (Phi) is 5.97. The van der Waals surface area contributed by atoms with Gasteiger partial charge in [0, 0.05) is 5.92 Å². The molecule has 24 heavy (non-hydrogen) atoms. The molecule has 1 fully saturated rings. The number of hydrogen-bond donors (Lipinski definition) is 0. The number of ether oxygens (including phenoxy) is 1. The molecule has 1 heterocycles. The van der Waals surface area contributed by atoms with E-state index in [2.05, 4.69) is 48.6 Å². The first kappa shape index (κ1) is 16.7. The number of aryl methyl sites for hydroxylation is 1. The fourth-order valence-electron chi connectivity index (χ4n) is 3.27. The van der Waals surface area contributed by atoms with Gasteiger partial charge in [0.25, 0.3) is 0 Å². The van der Waals surface area contributed by atoms with Crippen LogP contribution in [0.5, 0.6) is 0 Å². The minimum absolute atomic E-state index is 0.0231. The molecule has 1 aliphatic rings. The third kappa shape index (κ3) is 4.90. The third-order valence-electron chi connectivity index (χ3n) is 4.56. The van der Waals surface area contributed by atoms with Gasteiger partial charge in [-0.1, -0.05) is 72.8 Å². The van der Waals surface area contributed by atoms with Crippen molar-refractivity contribution in [1.29, 1.82) is 0 Å². The SMILES string of the molecule is O=CC1C[C@@H](CCc2ccccc2)O[C@@H](/C=C/c2ccccc2)C1. The van der Waals surface area contributed by atoms with Crippen molar-refractivity contribution in [3.63, 3.8) is 0 Å². The lowest BCUT2D eigenvalue weighted by Crippen LogP contribution is -2.32. The fourth-order valence-corrected chi connectivity index (χ4v) is 3.27. The highest BCUT2D eigenvalue weighted by Crippen LogP contribution is 2.27. The summed E-state index contributed by atoms with van der Waals surface area (Å²) in [6.45, 7) is 0. The summed E-state index contributed by atoms with van der Waals surface area (Å²) in [5.41, 5.74) is 2.49. The molecule has 2 aromatic carbocycles. The predicted octanol–water partition coefficient (Wildman–Crippen LogP) is 4.70. The summed E-state index contributed by atoms with van der Waals surface area (Å²) in [6.07, 6.45) is 9.04. The second-order valence-electron chi connectivity index (χ2n) is 6.46. The lowest BCUT2D eigenvalue weighted by molar-refractivity contribution is -0.118. The first-order valence-electron chi connectivity index (χ1n) is 8.71. The van der Waals surface area contributed by atoms with Crippen molar-refractivity contribution in [2.45, 2.75) is 37.9 Å². The van der Waals surface area contributed by atoms with Crippen LogP contribution in [-0.4, -0.2) is 18.5 Å². The van der Waals surface area contributed by atoms with Crippen molar-refractivity contribution in [3.05, 3.63) is 77.9 Å². The van der Waals surface area contributed by atoms with Crippen LogP contribution in [0.15, 0.2) is 66.7 Å². The molecule has 0 bridgehead atoms. The lowest BCUT2D eigenvalue weighted by atomic mass is 9.90. The van der Waals surface area contributed by atoms with Crippen LogP contribution >= 0.6 is 0 Å². The number of aldehydes is 1. The van der Waals surface area contributed by atoms with E-state index in [1.54, 1.807) is 0 Å². The van der Waals surface area contributed by atoms with E-state index in [1.807, 2.05) is 24.3 Å². The van der Waals surface area contributed by atoms with E-state index < -0.39 is 0 Å². The maximum Gasteiger partial charge on any atom is 0.123 e. The first-order valence-corrected chi connectivity index (χ1v) is 8.71. The highest BCUT2D eigenvalue weighted by atomic mass is 16.5. The van der Waals surface area contributed by atoms with Gasteiger partial charge in [-0.25, -0.2) is 0 Å². The van der Waals surface area contributed by atoms with E-state index in [0.717, 1.165) is 37.5 Å². The van der Waals surface area contributed by atoms with E-state index in [4.69, 9.17) is 4.74 Å². The predicted molar refractivity (Wildman–Crippen MR) is 97.7 cm³/mol. The Labute approximate surface area is 144 Å². The number of rotatable bonds is 6. The number of hydrogen-bond acceptors (Lipinski definition) is 2. The zero-order valence-corrected chi connectivity index (χ0v) is 13.9. The summed E-state index contributed by atoms with van der Waals surface area (Å²) in [7, 11) is 0. The summed E-state index contributed by atoms with van der Waals surface area (Å²) < 4.78 is 6.22. The Morgan fingerprint density at radius 3 is 2.38 bits per heavy atom. The van der Waals surface area contributed by atoms with Gasteiger partial charge in [0.15, 0.2) is 0 Å². The zero-order valence-electron chi connectivity index (χ0n) is 13.9. The molecular formula is C22H24O2. The molecule has 0 radical (unpaired) electrons. The van der Waals surface area contributed by atoms with Crippen molar-refractivity contribution >= 4 is 12.4 Å². The van der Waals surface area contributed by atoms with Gasteiger partial charge in [-0.3, -0.25) is 0 Å². The smallest absolute Gasteiger partial charge is 0.123 e. The van der Waals surface area contributed by atoms with Gasteiger partial charge in [0.05, 0.1) is 12.2 Å². The van der Waals surface area contributed by atoms with Crippen LogP contribution < -0.4 is 0 Å². The quantitative estimate of drug-likeness (QED) is 0.721. The van der Waals surface area contributed by atoms with Crippen LogP contribution in [0.1, 0.15) is 30.4 Å². The number of carbonyl (C=O) groups excluding carboxylic acids is 1. The minimum Gasteiger partial charge on any atom is -0.371 e. The Morgan fingerprint density at radius 2 is 1.67 bits per heavy atom. The van der Waals surface area contributed by atoms with Crippen molar-refractivity contribution in [1.82, 2.24) is 0 Å². The lowest BCUT2D eigenvalue weighted by Gasteiger charge is -2.32. The molecule has 0 N–H and O–H groups in total. The van der Waals surface area contributed by atoms with E-state index in [1.165, 1.54) is 5.56 Å². The fraction of sp³-hybridized carbons (Fsp3) is 0.318. The van der Waals surface area contributed by atoms with Crippen LogP contribution in [0.3, 0.4) is 0 Å². The summed E-state index contributed by atoms with van der Waals surface area (Å²) in [5, 5.41) is 0. The van der Waals surface area contributed by atoms with E-state index in [0.29, 0.717) is 0 Å². The van der Waals surface area contributed by atoms with Gasteiger partial charge in [-0.05, 0) is 36.8 Å². The van der Waals surface area contributed by atoms with Crippen molar-refractivity contribution in [3.8, 4) is 0 Å². The average molecular weight is 320 g/mol. The Balaban J connectivity index is 1.59. The van der Waals surface area contributed by atoms with Gasteiger partial charge in [0.2, 0.25) is 0 Å². The average Bonchev–Trinajstić information content (AvgIpc) is 2.66. The van der Waals surface area contributed by atoms with Crippen LogP contribution in [0, 0.1) is 5.92 Å². The van der Waals surface area contributed by atoms with Crippen molar-refractivity contribution < 1.29 is 9.53 Å². The van der Waals surface area contributed by atoms with Crippen molar-refractivity contribution in [2.24, 2.45) is 5.92 Å². The molecule has 124 valence electrons. The zero-order chi connectivity index (χ0) is 16.6. The molecule has 0 spiro atoms. The van der Waals surface area contributed by atoms with E-state index in [9.17, 15) is 4.79 Å². The highest BCUT2D eigenvalue weighted by molar-refractivity contribution is 5.54. The van der Waals surface area contributed by atoms with Crippen LogP contribution in [-0.2, 0) is 16.0 Å². The first-order chi connectivity index (χ1) is 11.8. The summed E-state index contributed by atoms with van der Waals surface area (Å²) in [4.78, 5) is 11.3. The van der Waals surface area contributed by atoms with Crippen LogP contribution in [0.4, 0.5) is 0 Å². The van der Waals surface area contributed by atoms with Gasteiger partial charge in [-0.15, -0.1) is 0 Å². The topological polar surface area (TPSA) is 26.3 Å². The van der Waals surface area contributed by atoms with E-state index >= 15 is 0 Å². The van der Waals surface area contributed by atoms with Gasteiger partial charge >= 0.3 is 0 Å². The molecule has 2 heteroatoms. The van der Waals surface area contributed by atoms with Gasteiger partial charge in [0.1, 0.15) is 6.29 Å². The number of carbonyl (C=O) groups is 1. The number of benzene rings is 2. The standard InChI is InChI=1S/C22H24O2/c23-17-20-15-21(13-11-18-7-3-1-4-8-18)24-22(16-20)14-12-19-9-5-2-6-10-19/h1-11,13,17,20-22H,12,14-16H2/b13-11+/t20?,21-,22+/m0/s1. The Bertz CT molecular complexity index is 648. The molecule has 2 nitrogen and oxygen atoms in total. The molecule has 1 unspecified atom stereocenters. The summed E-state index contributed by atoms with van der Waals surface area (Å²) in [6, 6.07) is 20.7. The molecule has 1 saturated heterocycles. The second-order valence-corrected chi connectivity index (χ2v) is 6.46. The largest absolute Gasteiger partial charge is 0.371 e. The molecule has 1 aliphatic heterocycles. The van der Waals surface area contributed by atoms with E-state index in [-0.39, 0.29) is 18.1 Å². The molecule has 3 atom stereocenters. The molecule has 0 aromatic heterocycles. The Morgan fingerprint density at radius 1 is 0.958 bits per heavy atom. The summed E-state index contributed by atoms with van der Waals surface area (Å²) in [5.74, 6) is 0.102. The van der Waals surface area contributed by atoms with Crippen LogP contribution in [0.2, 0.25) is 0 Å². The highest BCUT2D eigenvalue weighted by Gasteiger charge is 2.27. The molecule has 0 amide bonds. The van der Waals surface area contributed by atoms with Gasteiger partial charge in [-0.2, -0.15) is 0 Å². The maximum absolute atomic E-state index is 11.3.